The molecule has 1 aromatic heterocycles. The summed E-state index contributed by atoms with van der Waals surface area (Å²) in [7, 11) is 0. The van der Waals surface area contributed by atoms with Crippen LogP contribution in [0.1, 0.15) is 0 Å². The van der Waals surface area contributed by atoms with Gasteiger partial charge in [-0.3, -0.25) is 4.98 Å². The van der Waals surface area contributed by atoms with Gasteiger partial charge in [-0.15, -0.1) is 0 Å². The first-order valence-electron chi connectivity index (χ1n) is 5.75. The average Bonchev–Trinajstić information content (AvgIpc) is 2.40. The fourth-order valence-corrected chi connectivity index (χ4v) is 2.74. The van der Waals surface area contributed by atoms with Gasteiger partial charge in [0.25, 0.3) is 0 Å². The standard InChI is InChI=1S/C15H10BrClN2/c16-9-5-6-14-11(7-9)15(13(18)8-19-14)10-3-1-2-4-12(10)17/h1-8H,18H2. The van der Waals surface area contributed by atoms with E-state index < -0.39 is 0 Å². The number of anilines is 1. The number of rotatable bonds is 1. The van der Waals surface area contributed by atoms with E-state index in [0.29, 0.717) is 10.7 Å². The smallest absolute Gasteiger partial charge is 0.0710 e. The number of fused-ring (bicyclic) bond motifs is 1. The predicted octanol–water partition coefficient (Wildman–Crippen LogP) is 4.90. The minimum atomic E-state index is 0.624. The third-order valence-electron chi connectivity index (χ3n) is 3.00. The molecule has 1 heterocycles. The lowest BCUT2D eigenvalue weighted by atomic mass is 10.00. The van der Waals surface area contributed by atoms with E-state index in [2.05, 4.69) is 20.9 Å². The highest BCUT2D eigenvalue weighted by Gasteiger charge is 2.12. The fourth-order valence-electron chi connectivity index (χ4n) is 2.14. The molecule has 0 spiro atoms. The first-order valence-corrected chi connectivity index (χ1v) is 6.92. The molecule has 0 atom stereocenters. The van der Waals surface area contributed by atoms with E-state index in [9.17, 15) is 0 Å². The SMILES string of the molecule is Nc1cnc2ccc(Br)cc2c1-c1ccccc1Cl. The molecule has 2 N–H and O–H groups in total. The zero-order valence-corrected chi connectivity index (χ0v) is 12.2. The Morgan fingerprint density at radius 2 is 1.89 bits per heavy atom. The van der Waals surface area contributed by atoms with Gasteiger partial charge in [0.1, 0.15) is 0 Å². The van der Waals surface area contributed by atoms with E-state index in [1.54, 1.807) is 6.20 Å². The van der Waals surface area contributed by atoms with Crippen molar-refractivity contribution >= 4 is 44.1 Å². The predicted molar refractivity (Wildman–Crippen MR) is 84.3 cm³/mol. The number of hydrogen-bond donors (Lipinski definition) is 1. The largest absolute Gasteiger partial charge is 0.397 e. The van der Waals surface area contributed by atoms with Crippen molar-refractivity contribution in [2.45, 2.75) is 0 Å². The summed E-state index contributed by atoms with van der Waals surface area (Å²) in [6.07, 6.45) is 1.68. The maximum atomic E-state index is 6.28. The average molecular weight is 334 g/mol. The van der Waals surface area contributed by atoms with Crippen LogP contribution >= 0.6 is 27.5 Å². The van der Waals surface area contributed by atoms with Crippen molar-refractivity contribution in [3.63, 3.8) is 0 Å². The molecule has 0 aliphatic rings. The molecule has 0 amide bonds. The number of halogens is 2. The Hall–Kier alpha value is -1.58. The van der Waals surface area contributed by atoms with Crippen LogP contribution in [0.5, 0.6) is 0 Å². The van der Waals surface area contributed by atoms with Gasteiger partial charge in [0, 0.05) is 26.0 Å². The molecule has 94 valence electrons. The molecule has 0 aliphatic carbocycles. The van der Waals surface area contributed by atoms with Crippen molar-refractivity contribution in [2.75, 3.05) is 5.73 Å². The second-order valence-corrected chi connectivity index (χ2v) is 5.55. The Morgan fingerprint density at radius 1 is 1.11 bits per heavy atom. The van der Waals surface area contributed by atoms with E-state index in [0.717, 1.165) is 26.5 Å². The maximum absolute atomic E-state index is 6.28. The van der Waals surface area contributed by atoms with Crippen molar-refractivity contribution in [1.82, 2.24) is 4.98 Å². The van der Waals surface area contributed by atoms with Gasteiger partial charge >= 0.3 is 0 Å². The summed E-state index contributed by atoms with van der Waals surface area (Å²) >= 11 is 9.76. The summed E-state index contributed by atoms with van der Waals surface area (Å²) in [6.45, 7) is 0. The van der Waals surface area contributed by atoms with Gasteiger partial charge in [-0.2, -0.15) is 0 Å². The summed E-state index contributed by atoms with van der Waals surface area (Å²) in [5.74, 6) is 0. The second-order valence-electron chi connectivity index (χ2n) is 4.23. The molecule has 3 aromatic rings. The zero-order valence-electron chi connectivity index (χ0n) is 9.90. The monoisotopic (exact) mass is 332 g/mol. The maximum Gasteiger partial charge on any atom is 0.0710 e. The highest BCUT2D eigenvalue weighted by Crippen LogP contribution is 2.37. The Bertz CT molecular complexity index is 766. The van der Waals surface area contributed by atoms with Gasteiger partial charge in [0.05, 0.1) is 17.4 Å². The minimum Gasteiger partial charge on any atom is -0.397 e. The molecule has 0 fully saturated rings. The molecule has 0 radical (unpaired) electrons. The molecule has 0 unspecified atom stereocenters. The molecule has 2 nitrogen and oxygen atoms in total. The summed E-state index contributed by atoms with van der Waals surface area (Å²) < 4.78 is 0.987. The summed E-state index contributed by atoms with van der Waals surface area (Å²) in [5.41, 5.74) is 9.47. The van der Waals surface area contributed by atoms with E-state index in [1.165, 1.54) is 0 Å². The van der Waals surface area contributed by atoms with Crippen LogP contribution in [0, 0.1) is 0 Å². The molecule has 19 heavy (non-hydrogen) atoms. The van der Waals surface area contributed by atoms with Crippen LogP contribution in [0.3, 0.4) is 0 Å². The minimum absolute atomic E-state index is 0.624. The van der Waals surface area contributed by atoms with Crippen LogP contribution in [-0.2, 0) is 0 Å². The molecule has 0 saturated heterocycles. The quantitative estimate of drug-likeness (QED) is 0.688. The number of benzene rings is 2. The van der Waals surface area contributed by atoms with Crippen LogP contribution in [-0.4, -0.2) is 4.98 Å². The van der Waals surface area contributed by atoms with Gasteiger partial charge in [-0.25, -0.2) is 0 Å². The van der Waals surface area contributed by atoms with Crippen molar-refractivity contribution in [3.8, 4) is 11.1 Å². The second kappa shape index (κ2) is 4.83. The van der Waals surface area contributed by atoms with Crippen LogP contribution in [0.2, 0.25) is 5.02 Å². The molecule has 2 aromatic carbocycles. The van der Waals surface area contributed by atoms with Crippen LogP contribution < -0.4 is 5.73 Å². The third-order valence-corrected chi connectivity index (χ3v) is 3.83. The normalized spacial score (nSPS) is 10.8. The highest BCUT2D eigenvalue weighted by atomic mass is 79.9. The summed E-state index contributed by atoms with van der Waals surface area (Å²) in [6, 6.07) is 13.6. The molecular formula is C15H10BrClN2. The van der Waals surface area contributed by atoms with Crippen LogP contribution in [0.4, 0.5) is 5.69 Å². The van der Waals surface area contributed by atoms with Crippen molar-refractivity contribution in [2.24, 2.45) is 0 Å². The first kappa shape index (κ1) is 12.5. The zero-order chi connectivity index (χ0) is 13.4. The summed E-state index contributed by atoms with van der Waals surface area (Å²) in [4.78, 5) is 4.35. The number of nitrogen functional groups attached to an aromatic ring is 1. The molecule has 4 heteroatoms. The Kier molecular flexibility index (Phi) is 3.17. The van der Waals surface area contributed by atoms with Crippen LogP contribution in [0.15, 0.2) is 53.1 Å². The number of nitrogens with two attached hydrogens (primary N) is 1. The molecule has 0 aliphatic heterocycles. The van der Waals surface area contributed by atoms with E-state index >= 15 is 0 Å². The lowest BCUT2D eigenvalue weighted by Crippen LogP contribution is -1.94. The lowest BCUT2D eigenvalue weighted by molar-refractivity contribution is 1.41. The van der Waals surface area contributed by atoms with E-state index in [4.69, 9.17) is 17.3 Å². The highest BCUT2D eigenvalue weighted by molar-refractivity contribution is 9.10. The van der Waals surface area contributed by atoms with Crippen molar-refractivity contribution in [1.29, 1.82) is 0 Å². The molecule has 3 rings (SSSR count). The number of nitrogens with zero attached hydrogens (tertiary/aromatic N) is 1. The third kappa shape index (κ3) is 2.20. The number of pyridine rings is 1. The van der Waals surface area contributed by atoms with Gasteiger partial charge in [0.2, 0.25) is 0 Å². The summed E-state index contributed by atoms with van der Waals surface area (Å²) in [5, 5.41) is 1.67. The van der Waals surface area contributed by atoms with E-state index in [1.807, 2.05) is 42.5 Å². The number of hydrogen-bond acceptors (Lipinski definition) is 2. The molecular weight excluding hydrogens is 324 g/mol. The Morgan fingerprint density at radius 3 is 2.68 bits per heavy atom. The van der Waals surface area contributed by atoms with E-state index in [-0.39, 0.29) is 0 Å². The Labute approximate surface area is 124 Å². The Balaban J connectivity index is 2.43. The number of aromatic nitrogens is 1. The molecule has 0 bridgehead atoms. The van der Waals surface area contributed by atoms with Crippen molar-refractivity contribution < 1.29 is 0 Å². The first-order chi connectivity index (χ1) is 9.16. The molecule has 0 saturated carbocycles. The fraction of sp³-hybridized carbons (Fsp3) is 0. The van der Waals surface area contributed by atoms with Crippen molar-refractivity contribution in [3.05, 3.63) is 58.2 Å². The topological polar surface area (TPSA) is 38.9 Å². The van der Waals surface area contributed by atoms with Gasteiger partial charge in [0.15, 0.2) is 0 Å². The van der Waals surface area contributed by atoms with Gasteiger partial charge in [-0.05, 0) is 24.3 Å². The van der Waals surface area contributed by atoms with Crippen LogP contribution in [0.25, 0.3) is 22.0 Å². The lowest BCUT2D eigenvalue weighted by Gasteiger charge is -2.11. The van der Waals surface area contributed by atoms with Gasteiger partial charge < -0.3 is 5.73 Å². The van der Waals surface area contributed by atoms with Gasteiger partial charge in [-0.1, -0.05) is 45.7 Å².